The highest BCUT2D eigenvalue weighted by atomic mass is 32.2. The monoisotopic (exact) mass is 396 g/mol. The summed E-state index contributed by atoms with van der Waals surface area (Å²) in [4.78, 5) is 12.4. The van der Waals surface area contributed by atoms with Crippen LogP contribution in [0.4, 0.5) is 14.5 Å². The minimum absolute atomic E-state index is 0.0126. The molecule has 0 unspecified atom stereocenters. The maximum atomic E-state index is 13.8. The van der Waals surface area contributed by atoms with Gasteiger partial charge < -0.3 is 5.32 Å². The van der Waals surface area contributed by atoms with Gasteiger partial charge in [-0.05, 0) is 49.2 Å². The number of benzene rings is 2. The van der Waals surface area contributed by atoms with Gasteiger partial charge >= 0.3 is 0 Å². The number of halogens is 2. The van der Waals surface area contributed by atoms with Crippen molar-refractivity contribution in [3.63, 3.8) is 0 Å². The second-order valence-corrected chi connectivity index (χ2v) is 7.99. The van der Waals surface area contributed by atoms with Crippen LogP contribution in [0.2, 0.25) is 0 Å². The Morgan fingerprint density at radius 3 is 2.15 bits per heavy atom. The van der Waals surface area contributed by atoms with Crippen molar-refractivity contribution < 1.29 is 22.0 Å². The van der Waals surface area contributed by atoms with E-state index in [2.05, 4.69) is 5.32 Å². The number of aryl methyl sites for hydroxylation is 1. The summed E-state index contributed by atoms with van der Waals surface area (Å²) in [5.41, 5.74) is 0.714. The van der Waals surface area contributed by atoms with Crippen molar-refractivity contribution in [2.45, 2.75) is 32.6 Å². The van der Waals surface area contributed by atoms with Crippen LogP contribution in [0.1, 0.15) is 35.3 Å². The first-order valence-corrected chi connectivity index (χ1v) is 9.94. The number of carbonyl (C=O) groups is 1. The Kier molecular flexibility index (Phi) is 6.33. The predicted molar refractivity (Wildman–Crippen MR) is 100 cm³/mol. The molecule has 0 bridgehead atoms. The van der Waals surface area contributed by atoms with Crippen molar-refractivity contribution in [1.82, 2.24) is 4.31 Å². The van der Waals surface area contributed by atoms with Gasteiger partial charge in [-0.1, -0.05) is 19.9 Å². The maximum absolute atomic E-state index is 13.8. The van der Waals surface area contributed by atoms with E-state index in [9.17, 15) is 22.0 Å². The van der Waals surface area contributed by atoms with Crippen molar-refractivity contribution >= 4 is 21.6 Å². The molecule has 2 rings (SSSR count). The maximum Gasteiger partial charge on any atom is 0.261 e. The van der Waals surface area contributed by atoms with Gasteiger partial charge in [0.05, 0.1) is 4.90 Å². The summed E-state index contributed by atoms with van der Waals surface area (Å²) in [6, 6.07) is 5.96. The molecule has 0 aliphatic carbocycles. The third kappa shape index (κ3) is 4.17. The highest BCUT2D eigenvalue weighted by Crippen LogP contribution is 2.27. The number of hydrogen-bond donors (Lipinski definition) is 1. The molecule has 146 valence electrons. The van der Waals surface area contributed by atoms with Gasteiger partial charge in [0, 0.05) is 18.8 Å². The fourth-order valence-electron chi connectivity index (χ4n) is 2.72. The molecule has 0 fully saturated rings. The normalized spacial score (nSPS) is 11.7. The molecule has 0 aliphatic heterocycles. The van der Waals surface area contributed by atoms with Crippen molar-refractivity contribution in [2.24, 2.45) is 0 Å². The standard InChI is InChI=1S/C19H22F2N2O3S/c1-5-23(6-2)27(25,26)14-10-12(3)13(4)17(11-14)22-19(24)18-15(20)8-7-9-16(18)21/h7-11H,5-6H2,1-4H3,(H,22,24). The summed E-state index contributed by atoms with van der Waals surface area (Å²) in [6.07, 6.45) is 0. The van der Waals surface area contributed by atoms with Crippen LogP contribution in [0.3, 0.4) is 0 Å². The van der Waals surface area contributed by atoms with E-state index in [-0.39, 0.29) is 10.6 Å². The van der Waals surface area contributed by atoms with E-state index in [4.69, 9.17) is 0 Å². The largest absolute Gasteiger partial charge is 0.322 e. The molecule has 0 aromatic heterocycles. The van der Waals surface area contributed by atoms with Crippen LogP contribution < -0.4 is 5.32 Å². The summed E-state index contributed by atoms with van der Waals surface area (Å²) in [5, 5.41) is 2.43. The van der Waals surface area contributed by atoms with E-state index in [1.54, 1.807) is 27.7 Å². The lowest BCUT2D eigenvalue weighted by Crippen LogP contribution is -2.30. The topological polar surface area (TPSA) is 66.5 Å². The summed E-state index contributed by atoms with van der Waals surface area (Å²) in [6.45, 7) is 7.45. The predicted octanol–water partition coefficient (Wildman–Crippen LogP) is 3.86. The Morgan fingerprint density at radius 2 is 1.63 bits per heavy atom. The fraction of sp³-hybridized carbons (Fsp3) is 0.316. The lowest BCUT2D eigenvalue weighted by Gasteiger charge is -2.20. The van der Waals surface area contributed by atoms with Crippen LogP contribution in [-0.2, 0) is 10.0 Å². The quantitative estimate of drug-likeness (QED) is 0.806. The number of hydrogen-bond acceptors (Lipinski definition) is 3. The molecular formula is C19H22F2N2O3S. The third-order valence-electron chi connectivity index (χ3n) is 4.42. The fourth-order valence-corrected chi connectivity index (χ4v) is 4.29. The lowest BCUT2D eigenvalue weighted by molar-refractivity contribution is 0.101. The van der Waals surface area contributed by atoms with Gasteiger partial charge in [0.25, 0.3) is 5.91 Å². The molecule has 0 heterocycles. The van der Waals surface area contributed by atoms with Crippen LogP contribution in [-0.4, -0.2) is 31.7 Å². The van der Waals surface area contributed by atoms with Crippen molar-refractivity contribution in [2.75, 3.05) is 18.4 Å². The number of amides is 1. The lowest BCUT2D eigenvalue weighted by atomic mass is 10.1. The highest BCUT2D eigenvalue weighted by molar-refractivity contribution is 7.89. The zero-order chi connectivity index (χ0) is 20.4. The number of nitrogens with zero attached hydrogens (tertiary/aromatic N) is 1. The molecule has 0 atom stereocenters. The molecule has 1 N–H and O–H groups in total. The molecule has 2 aromatic carbocycles. The summed E-state index contributed by atoms with van der Waals surface area (Å²) < 4.78 is 54.5. The first-order chi connectivity index (χ1) is 12.6. The minimum Gasteiger partial charge on any atom is -0.322 e. The molecule has 0 saturated carbocycles. The van der Waals surface area contributed by atoms with Gasteiger partial charge in [-0.3, -0.25) is 4.79 Å². The molecule has 0 radical (unpaired) electrons. The average Bonchev–Trinajstić information content (AvgIpc) is 2.59. The molecule has 5 nitrogen and oxygen atoms in total. The van der Waals surface area contributed by atoms with Gasteiger partial charge in [0.1, 0.15) is 17.2 Å². The molecule has 27 heavy (non-hydrogen) atoms. The summed E-state index contributed by atoms with van der Waals surface area (Å²) in [5.74, 6) is -2.96. The number of rotatable bonds is 6. The SMILES string of the molecule is CCN(CC)S(=O)(=O)c1cc(C)c(C)c(NC(=O)c2c(F)cccc2F)c1. The van der Waals surface area contributed by atoms with E-state index in [1.165, 1.54) is 16.4 Å². The number of nitrogens with one attached hydrogen (secondary N) is 1. The Labute approximate surface area is 158 Å². The van der Waals surface area contributed by atoms with Crippen molar-refractivity contribution in [1.29, 1.82) is 0 Å². The van der Waals surface area contributed by atoms with Crippen LogP contribution in [0.25, 0.3) is 0 Å². The van der Waals surface area contributed by atoms with Gasteiger partial charge in [-0.25, -0.2) is 17.2 Å². The number of anilines is 1. The van der Waals surface area contributed by atoms with Crippen LogP contribution in [0, 0.1) is 25.5 Å². The molecule has 1 amide bonds. The second-order valence-electron chi connectivity index (χ2n) is 6.05. The molecule has 0 spiro atoms. The summed E-state index contributed by atoms with van der Waals surface area (Å²) >= 11 is 0. The Bertz CT molecular complexity index is 951. The van der Waals surface area contributed by atoms with Gasteiger partial charge in [0.15, 0.2) is 0 Å². The number of sulfonamides is 1. The Morgan fingerprint density at radius 1 is 1.07 bits per heavy atom. The molecule has 8 heteroatoms. The van der Waals surface area contributed by atoms with Crippen molar-refractivity contribution in [3.05, 3.63) is 58.7 Å². The van der Waals surface area contributed by atoms with E-state index in [0.29, 0.717) is 24.2 Å². The first kappa shape index (κ1) is 21.0. The van der Waals surface area contributed by atoms with Crippen LogP contribution >= 0.6 is 0 Å². The molecular weight excluding hydrogens is 374 g/mol. The second kappa shape index (κ2) is 8.14. The van der Waals surface area contributed by atoms with E-state index in [0.717, 1.165) is 18.2 Å². The zero-order valence-corrected chi connectivity index (χ0v) is 16.5. The molecule has 2 aromatic rings. The Hall–Kier alpha value is -2.32. The third-order valence-corrected chi connectivity index (χ3v) is 6.45. The van der Waals surface area contributed by atoms with Gasteiger partial charge in [-0.2, -0.15) is 4.31 Å². The smallest absolute Gasteiger partial charge is 0.261 e. The van der Waals surface area contributed by atoms with Gasteiger partial charge in [0.2, 0.25) is 10.0 Å². The molecule has 0 aliphatic rings. The van der Waals surface area contributed by atoms with E-state index < -0.39 is 33.1 Å². The van der Waals surface area contributed by atoms with Crippen LogP contribution in [0.5, 0.6) is 0 Å². The highest BCUT2D eigenvalue weighted by Gasteiger charge is 2.24. The molecule has 0 saturated heterocycles. The zero-order valence-electron chi connectivity index (χ0n) is 15.6. The minimum atomic E-state index is -3.75. The van der Waals surface area contributed by atoms with Crippen LogP contribution in [0.15, 0.2) is 35.2 Å². The van der Waals surface area contributed by atoms with E-state index in [1.807, 2.05) is 0 Å². The van der Waals surface area contributed by atoms with E-state index >= 15 is 0 Å². The number of carbonyl (C=O) groups excluding carboxylic acids is 1. The Balaban J connectivity index is 2.50. The first-order valence-electron chi connectivity index (χ1n) is 8.50. The summed E-state index contributed by atoms with van der Waals surface area (Å²) in [7, 11) is -3.75. The van der Waals surface area contributed by atoms with Gasteiger partial charge in [-0.15, -0.1) is 0 Å². The van der Waals surface area contributed by atoms with Crippen molar-refractivity contribution in [3.8, 4) is 0 Å². The average molecular weight is 396 g/mol.